The van der Waals surface area contributed by atoms with E-state index in [4.69, 9.17) is 9.47 Å². The van der Waals surface area contributed by atoms with Gasteiger partial charge in [-0.1, -0.05) is 12.1 Å². The van der Waals surface area contributed by atoms with Crippen molar-refractivity contribution in [3.8, 4) is 5.75 Å². The van der Waals surface area contributed by atoms with Gasteiger partial charge in [-0.15, -0.1) is 0 Å². The Morgan fingerprint density at radius 3 is 2.83 bits per heavy atom. The van der Waals surface area contributed by atoms with Crippen molar-refractivity contribution in [2.24, 2.45) is 11.8 Å². The molecule has 0 aliphatic carbocycles. The summed E-state index contributed by atoms with van der Waals surface area (Å²) in [5.74, 6) is 0.931. The average molecular weight is 320 g/mol. The third kappa shape index (κ3) is 4.55. The van der Waals surface area contributed by atoms with E-state index in [1.54, 1.807) is 7.11 Å². The number of carbonyl (C=O) groups excluding carboxylic acids is 1. The smallest absolute Gasteiger partial charge is 0.169 e. The zero-order valence-electron chi connectivity index (χ0n) is 14.4. The fraction of sp³-hybridized carbons (Fsp3) is 0.632. The second-order valence-corrected chi connectivity index (χ2v) is 6.90. The quantitative estimate of drug-likeness (QED) is 0.782. The van der Waals surface area contributed by atoms with Crippen LogP contribution in [0.5, 0.6) is 5.75 Å². The summed E-state index contributed by atoms with van der Waals surface area (Å²) in [4.78, 5) is 13.1. The van der Waals surface area contributed by atoms with Gasteiger partial charge in [0.2, 0.25) is 0 Å². The van der Waals surface area contributed by atoms with Gasteiger partial charge in [0.1, 0.15) is 5.75 Å². The first kappa shape index (κ1) is 18.0. The van der Waals surface area contributed by atoms with Crippen LogP contribution in [0.15, 0.2) is 24.3 Å². The fourth-order valence-corrected chi connectivity index (χ4v) is 3.56. The van der Waals surface area contributed by atoms with E-state index in [0.717, 1.165) is 12.8 Å². The Bertz CT molecular complexity index is 524. The lowest BCUT2D eigenvalue weighted by Gasteiger charge is -2.39. The van der Waals surface area contributed by atoms with Gasteiger partial charge in [-0.25, -0.2) is 0 Å². The summed E-state index contributed by atoms with van der Waals surface area (Å²) in [5, 5.41) is 9.21. The lowest BCUT2D eigenvalue weighted by atomic mass is 9.74. The molecule has 0 spiro atoms. The Morgan fingerprint density at radius 2 is 2.17 bits per heavy atom. The molecule has 4 nitrogen and oxygen atoms in total. The molecule has 128 valence electrons. The van der Waals surface area contributed by atoms with Crippen LogP contribution < -0.4 is 4.74 Å². The number of aliphatic hydroxyl groups is 1. The number of hydrogen-bond donors (Lipinski definition) is 1. The topological polar surface area (TPSA) is 55.8 Å². The highest BCUT2D eigenvalue weighted by Gasteiger charge is 2.37. The van der Waals surface area contributed by atoms with Crippen molar-refractivity contribution in [3.05, 3.63) is 29.8 Å². The van der Waals surface area contributed by atoms with Crippen LogP contribution in [0.25, 0.3) is 0 Å². The molecule has 0 saturated carbocycles. The van der Waals surface area contributed by atoms with Gasteiger partial charge in [0.15, 0.2) is 5.78 Å². The second kappa shape index (κ2) is 7.93. The molecule has 1 heterocycles. The zero-order chi connectivity index (χ0) is 16.9. The number of ketones is 1. The summed E-state index contributed by atoms with van der Waals surface area (Å²) in [5.41, 5.74) is 0.448. The van der Waals surface area contributed by atoms with Gasteiger partial charge in [-0.05, 0) is 57.6 Å². The predicted molar refractivity (Wildman–Crippen MR) is 89.9 cm³/mol. The van der Waals surface area contributed by atoms with Crippen LogP contribution in [0.4, 0.5) is 0 Å². The van der Waals surface area contributed by atoms with E-state index in [2.05, 4.69) is 13.8 Å². The molecule has 0 aromatic heterocycles. The summed E-state index contributed by atoms with van der Waals surface area (Å²) in [6.07, 6.45) is 3.10. The van der Waals surface area contributed by atoms with Crippen LogP contribution in [0, 0.1) is 11.8 Å². The molecule has 1 saturated heterocycles. The Kier molecular flexibility index (Phi) is 6.19. The lowest BCUT2D eigenvalue weighted by Crippen LogP contribution is -2.39. The molecule has 23 heavy (non-hydrogen) atoms. The molecule has 1 aromatic rings. The largest absolute Gasteiger partial charge is 0.496 e. The standard InChI is InChI=1S/C19H28O4/c1-19(2)13-14(10-12-23-19)15(8-6-11-20)18(21)16-7-4-5-9-17(16)22-3/h4-5,7,9,14-15,20H,6,8,10-13H2,1-3H3/t14-,15-/m0/s1. The van der Waals surface area contributed by atoms with Gasteiger partial charge in [-0.2, -0.15) is 0 Å². The van der Waals surface area contributed by atoms with Gasteiger partial charge in [0.25, 0.3) is 0 Å². The average Bonchev–Trinajstić information content (AvgIpc) is 2.54. The number of Topliss-reactive ketones (excluding diaryl/α,β-unsaturated/α-hetero) is 1. The van der Waals surface area contributed by atoms with Crippen molar-refractivity contribution in [3.63, 3.8) is 0 Å². The number of rotatable bonds is 7. The zero-order valence-corrected chi connectivity index (χ0v) is 14.4. The molecule has 0 bridgehead atoms. The molecule has 0 radical (unpaired) electrons. The number of aliphatic hydroxyl groups excluding tert-OH is 1. The molecule has 1 aliphatic heterocycles. The van der Waals surface area contributed by atoms with Gasteiger partial charge >= 0.3 is 0 Å². The minimum atomic E-state index is -0.193. The molecule has 4 heteroatoms. The van der Waals surface area contributed by atoms with Crippen molar-refractivity contribution in [2.75, 3.05) is 20.3 Å². The Labute approximate surface area is 138 Å². The molecular weight excluding hydrogens is 292 g/mol. The highest BCUT2D eigenvalue weighted by Crippen LogP contribution is 2.37. The van der Waals surface area contributed by atoms with Gasteiger partial charge in [0, 0.05) is 19.1 Å². The monoisotopic (exact) mass is 320 g/mol. The molecule has 1 aromatic carbocycles. The second-order valence-electron chi connectivity index (χ2n) is 6.90. The SMILES string of the molecule is COc1ccccc1C(=O)[C@@H](CCCO)[C@H]1CCOC(C)(C)C1. The molecule has 2 atom stereocenters. The van der Waals surface area contributed by atoms with Gasteiger partial charge < -0.3 is 14.6 Å². The maximum Gasteiger partial charge on any atom is 0.169 e. The minimum Gasteiger partial charge on any atom is -0.496 e. The highest BCUT2D eigenvalue weighted by atomic mass is 16.5. The van der Waals surface area contributed by atoms with Crippen molar-refractivity contribution in [2.45, 2.75) is 45.1 Å². The molecule has 0 unspecified atom stereocenters. The van der Waals surface area contributed by atoms with E-state index in [0.29, 0.717) is 30.8 Å². The Balaban J connectivity index is 2.25. The third-order valence-corrected chi connectivity index (χ3v) is 4.69. The van der Waals surface area contributed by atoms with Crippen molar-refractivity contribution in [1.82, 2.24) is 0 Å². The summed E-state index contributed by atoms with van der Waals surface area (Å²) in [6, 6.07) is 7.39. The molecule has 0 amide bonds. The van der Waals surface area contributed by atoms with Crippen LogP contribution >= 0.6 is 0 Å². The van der Waals surface area contributed by atoms with Crippen LogP contribution in [0.3, 0.4) is 0 Å². The van der Waals surface area contributed by atoms with E-state index in [1.807, 2.05) is 24.3 Å². The summed E-state index contributed by atoms with van der Waals surface area (Å²) < 4.78 is 11.1. The summed E-state index contributed by atoms with van der Waals surface area (Å²) >= 11 is 0. The normalized spacial score (nSPS) is 21.7. The summed E-state index contributed by atoms with van der Waals surface area (Å²) in [7, 11) is 1.59. The van der Waals surface area contributed by atoms with E-state index in [1.165, 1.54) is 0 Å². The Morgan fingerprint density at radius 1 is 1.43 bits per heavy atom. The van der Waals surface area contributed by atoms with Gasteiger partial charge in [-0.3, -0.25) is 4.79 Å². The van der Waals surface area contributed by atoms with Crippen molar-refractivity contribution in [1.29, 1.82) is 0 Å². The third-order valence-electron chi connectivity index (χ3n) is 4.69. The van der Waals surface area contributed by atoms with Crippen LogP contribution in [0.1, 0.15) is 49.9 Å². The Hall–Kier alpha value is -1.39. The van der Waals surface area contributed by atoms with Crippen LogP contribution in [-0.4, -0.2) is 36.8 Å². The molecule has 1 N–H and O–H groups in total. The molecule has 2 rings (SSSR count). The van der Waals surface area contributed by atoms with Crippen molar-refractivity contribution < 1.29 is 19.4 Å². The minimum absolute atomic E-state index is 0.0957. The molecular formula is C19H28O4. The predicted octanol–water partition coefficient (Wildman–Crippen LogP) is 3.47. The fourth-order valence-electron chi connectivity index (χ4n) is 3.56. The maximum atomic E-state index is 13.1. The number of hydrogen-bond acceptors (Lipinski definition) is 4. The summed E-state index contributed by atoms with van der Waals surface area (Å²) in [6.45, 7) is 4.96. The van der Waals surface area contributed by atoms with Crippen molar-refractivity contribution >= 4 is 5.78 Å². The van der Waals surface area contributed by atoms with Crippen LogP contribution in [0.2, 0.25) is 0 Å². The maximum absolute atomic E-state index is 13.1. The highest BCUT2D eigenvalue weighted by molar-refractivity contribution is 6.00. The van der Waals surface area contributed by atoms with E-state index < -0.39 is 0 Å². The first-order chi connectivity index (χ1) is 11.0. The van der Waals surface area contributed by atoms with Crippen LogP contribution in [-0.2, 0) is 4.74 Å². The number of benzene rings is 1. The first-order valence-electron chi connectivity index (χ1n) is 8.40. The van der Waals surface area contributed by atoms with Gasteiger partial charge in [0.05, 0.1) is 18.3 Å². The number of ether oxygens (including phenoxy) is 2. The number of para-hydroxylation sites is 1. The number of carbonyl (C=O) groups is 1. The molecule has 1 aliphatic rings. The van der Waals surface area contributed by atoms with E-state index in [-0.39, 0.29) is 29.8 Å². The first-order valence-corrected chi connectivity index (χ1v) is 8.40. The van der Waals surface area contributed by atoms with E-state index >= 15 is 0 Å². The van der Waals surface area contributed by atoms with E-state index in [9.17, 15) is 9.90 Å². The molecule has 1 fully saturated rings. The lowest BCUT2D eigenvalue weighted by molar-refractivity contribution is -0.0803. The number of methoxy groups -OCH3 is 1.